The summed E-state index contributed by atoms with van der Waals surface area (Å²) in [6, 6.07) is 1.45. The molecule has 10 heavy (non-hydrogen) atoms. The van der Waals surface area contributed by atoms with E-state index in [4.69, 9.17) is 10.4 Å². The van der Waals surface area contributed by atoms with E-state index in [1.54, 1.807) is 0 Å². The average Bonchev–Trinajstić information content (AvgIpc) is 1.65. The van der Waals surface area contributed by atoms with Crippen molar-refractivity contribution in [2.45, 2.75) is 0 Å². The van der Waals surface area contributed by atoms with Gasteiger partial charge >= 0.3 is 0 Å². The summed E-state index contributed by atoms with van der Waals surface area (Å²) < 4.78 is 0. The van der Waals surface area contributed by atoms with Gasteiger partial charge in [-0.25, -0.2) is 5.26 Å². The van der Waals surface area contributed by atoms with Crippen LogP contribution in [0.4, 0.5) is 0 Å². The molecule has 53 valence electrons. The summed E-state index contributed by atoms with van der Waals surface area (Å²) in [6.45, 7) is 3.00. The third-order valence-electron chi connectivity index (χ3n) is 0.454. The molecule has 1 radical (unpaired) electrons. The van der Waals surface area contributed by atoms with Crippen molar-refractivity contribution in [3.8, 4) is 6.07 Å². The smallest absolute Gasteiger partial charge is 0.289 e. The molecule has 0 saturated heterocycles. The fraction of sp³-hybridized carbons (Fsp3) is 0.250. The minimum absolute atomic E-state index is 0. The Morgan fingerprint density at radius 1 is 1.70 bits per heavy atom. The molecule has 0 aromatic carbocycles. The van der Waals surface area contributed by atoms with E-state index in [1.165, 1.54) is 6.07 Å². The molecule has 0 aliphatic rings. The van der Waals surface area contributed by atoms with E-state index in [0.29, 0.717) is 0 Å². The minimum atomic E-state index is -1.18. The maximum absolute atomic E-state index is 9.65. The zero-order valence-corrected chi connectivity index (χ0v) is 13.4. The monoisotopic (exact) mass is 571 g/mol. The van der Waals surface area contributed by atoms with Crippen molar-refractivity contribution in [3.05, 3.63) is 6.92 Å². The number of carboxylic acids is 1. The fourth-order valence-corrected chi connectivity index (χ4v) is 0.0552. The van der Waals surface area contributed by atoms with Crippen LogP contribution in [0.3, 0.4) is 0 Å². The van der Waals surface area contributed by atoms with Crippen LogP contribution in [-0.2, 0) is 44.4 Å². The van der Waals surface area contributed by atoms with Crippen molar-refractivity contribution in [1.82, 2.24) is 0 Å². The Morgan fingerprint density at radius 2 is 2.00 bits per heavy atom. The normalized spacial score (nSPS) is 8.40. The number of nitrogens with zero attached hydrogens (tertiary/aromatic N) is 1. The van der Waals surface area contributed by atoms with Crippen LogP contribution in [0.15, 0.2) is 0 Å². The standard InChI is InChI=1S/C4H4NO2.U.V.W/c1-3(2-5)4(6)7;;;/h3H,1H2,(H,6,7);;;/q-1;;;. The van der Waals surface area contributed by atoms with Crippen LogP contribution in [0.1, 0.15) is 0 Å². The van der Waals surface area contributed by atoms with Gasteiger partial charge in [0.1, 0.15) is 0 Å². The second kappa shape index (κ2) is 12.9. The van der Waals surface area contributed by atoms with Gasteiger partial charge in [0.05, 0.1) is 0 Å². The van der Waals surface area contributed by atoms with Gasteiger partial charge in [0.2, 0.25) is 0 Å². The molecule has 0 heterocycles. The number of aliphatic carboxylic acids is 1. The second-order valence-electron chi connectivity index (χ2n) is 1.02. The molecular formula is C4H4NO2UVW-. The quantitative estimate of drug-likeness (QED) is 0.453. The molecule has 0 rings (SSSR count). The van der Waals surface area contributed by atoms with Crippen LogP contribution >= 0.6 is 0 Å². The Morgan fingerprint density at radius 3 is 2.00 bits per heavy atom. The molecule has 0 saturated carbocycles. The maximum Gasteiger partial charge on any atom is 0.289 e. The van der Waals surface area contributed by atoms with E-state index in [1.807, 2.05) is 0 Å². The molecular weight excluding hydrogens is 567 g/mol. The van der Waals surface area contributed by atoms with E-state index >= 15 is 0 Å². The van der Waals surface area contributed by atoms with Gasteiger partial charge in [-0.3, -0.25) is 4.79 Å². The van der Waals surface area contributed by atoms with Crippen molar-refractivity contribution < 1.29 is 80.6 Å². The molecule has 0 aliphatic carbocycles. The summed E-state index contributed by atoms with van der Waals surface area (Å²) in [5, 5.41) is 15.7. The number of hydrogen-bond acceptors (Lipinski definition) is 2. The third kappa shape index (κ3) is 12.0. The average molecular weight is 571 g/mol. The van der Waals surface area contributed by atoms with Gasteiger partial charge in [-0.1, -0.05) is 0 Å². The molecule has 0 aromatic rings. The molecule has 0 aromatic heterocycles. The topological polar surface area (TPSA) is 61.1 Å². The van der Waals surface area contributed by atoms with E-state index in [0.717, 1.165) is 0 Å². The van der Waals surface area contributed by atoms with Gasteiger partial charge in [0, 0.05) is 82.7 Å². The summed E-state index contributed by atoms with van der Waals surface area (Å²) in [6.07, 6.45) is 0. The van der Waals surface area contributed by atoms with Crippen molar-refractivity contribution in [2.24, 2.45) is 5.92 Å². The number of nitriles is 1. The maximum atomic E-state index is 9.65. The molecule has 0 amide bonds. The summed E-state index contributed by atoms with van der Waals surface area (Å²) >= 11 is 0. The van der Waals surface area contributed by atoms with Crippen LogP contribution < -0.4 is 0 Å². The molecule has 0 spiro atoms. The first-order valence-electron chi connectivity index (χ1n) is 1.64. The van der Waals surface area contributed by atoms with Crippen molar-refractivity contribution in [2.75, 3.05) is 0 Å². The van der Waals surface area contributed by atoms with E-state index in [-0.39, 0.29) is 70.7 Å². The predicted octanol–water partition coefficient (Wildman–Crippen LogP) is 0.0399. The molecule has 1 atom stereocenters. The van der Waals surface area contributed by atoms with Gasteiger partial charge in [0.15, 0.2) is 0 Å². The van der Waals surface area contributed by atoms with E-state index < -0.39 is 11.9 Å². The SMILES string of the molecule is [CH2-]C(C#N)C(=O)O.[U].[V].[W]. The summed E-state index contributed by atoms with van der Waals surface area (Å²) in [4.78, 5) is 9.65. The summed E-state index contributed by atoms with van der Waals surface area (Å²) in [5.41, 5.74) is 0. The Bertz CT molecular complexity index is 127. The van der Waals surface area contributed by atoms with Gasteiger partial charge in [-0.05, 0) is 0 Å². The van der Waals surface area contributed by atoms with Crippen LogP contribution in [0.25, 0.3) is 0 Å². The number of rotatable bonds is 1. The summed E-state index contributed by atoms with van der Waals surface area (Å²) in [7, 11) is 0. The molecule has 1 N–H and O–H groups in total. The number of carbonyl (C=O) groups is 1. The van der Waals surface area contributed by atoms with E-state index in [2.05, 4.69) is 6.92 Å². The van der Waals surface area contributed by atoms with Crippen molar-refractivity contribution in [3.63, 3.8) is 0 Å². The molecule has 0 fully saturated rings. The number of carboxylic acid groups (broad SMARTS) is 1. The molecule has 0 aliphatic heterocycles. The molecule has 6 heteroatoms. The Labute approximate surface area is 109 Å². The summed E-state index contributed by atoms with van der Waals surface area (Å²) in [5.74, 6) is -2.30. The Hall–Kier alpha value is 1.28. The zero-order chi connectivity index (χ0) is 5.86. The predicted molar refractivity (Wildman–Crippen MR) is 22.1 cm³/mol. The molecule has 3 nitrogen and oxygen atoms in total. The van der Waals surface area contributed by atoms with Gasteiger partial charge in [-0.15, -0.1) is 0 Å². The second-order valence-corrected chi connectivity index (χ2v) is 1.02. The van der Waals surface area contributed by atoms with Gasteiger partial charge in [-0.2, -0.15) is 0 Å². The largest absolute Gasteiger partial charge is 0.482 e. The molecule has 1 unspecified atom stereocenters. The first kappa shape index (κ1) is 22.5. The van der Waals surface area contributed by atoms with Crippen LogP contribution in [0, 0.1) is 55.3 Å². The molecule has 0 bridgehead atoms. The van der Waals surface area contributed by atoms with Crippen LogP contribution in [-0.4, -0.2) is 11.1 Å². The van der Waals surface area contributed by atoms with Gasteiger partial charge in [0.25, 0.3) is 5.97 Å². The zero-order valence-electron chi connectivity index (χ0n) is 4.94. The third-order valence-corrected chi connectivity index (χ3v) is 0.454. The van der Waals surface area contributed by atoms with Crippen molar-refractivity contribution >= 4 is 5.97 Å². The first-order valence-corrected chi connectivity index (χ1v) is 1.64. The fourth-order valence-electron chi connectivity index (χ4n) is 0.0552. The van der Waals surface area contributed by atoms with Gasteiger partial charge < -0.3 is 12.0 Å². The van der Waals surface area contributed by atoms with Crippen LogP contribution in [0.2, 0.25) is 0 Å². The number of hydrogen-bond donors (Lipinski definition) is 1. The minimum Gasteiger partial charge on any atom is -0.482 e. The first-order chi connectivity index (χ1) is 3.18. The van der Waals surface area contributed by atoms with Crippen molar-refractivity contribution in [1.29, 1.82) is 5.26 Å². The Kier molecular flexibility index (Phi) is 29.1. The van der Waals surface area contributed by atoms with Crippen LogP contribution in [0.5, 0.6) is 0 Å². The van der Waals surface area contributed by atoms with E-state index in [9.17, 15) is 4.79 Å². The Balaban J connectivity index is -0.0000000600.